The Hall–Kier alpha value is -2.50. The Morgan fingerprint density at radius 3 is 2.21 bits per heavy atom. The van der Waals surface area contributed by atoms with Crippen molar-refractivity contribution in [2.45, 2.75) is 18.6 Å². The molecule has 0 aliphatic carbocycles. The zero-order valence-electron chi connectivity index (χ0n) is 12.7. The molecule has 2 aromatic carbocycles. The summed E-state index contributed by atoms with van der Waals surface area (Å²) in [6.45, 7) is 0.548. The smallest absolute Gasteiger partial charge is 0.416 e. The van der Waals surface area contributed by atoms with Gasteiger partial charge in [-0.2, -0.15) is 13.2 Å². The van der Waals surface area contributed by atoms with Crippen molar-refractivity contribution in [3.8, 4) is 0 Å². The number of rotatable bonds is 3. The summed E-state index contributed by atoms with van der Waals surface area (Å²) in [5, 5.41) is 9.49. The first-order valence-corrected chi connectivity index (χ1v) is 7.59. The summed E-state index contributed by atoms with van der Waals surface area (Å²) in [7, 11) is 0. The Bertz CT molecular complexity index is 713. The minimum absolute atomic E-state index is 0.454. The molecule has 1 N–H and O–H groups in total. The average molecular weight is 335 g/mol. The van der Waals surface area contributed by atoms with Gasteiger partial charge in [0.15, 0.2) is 0 Å². The van der Waals surface area contributed by atoms with Crippen molar-refractivity contribution in [2.75, 3.05) is 11.4 Å². The van der Waals surface area contributed by atoms with E-state index in [1.54, 1.807) is 0 Å². The van der Waals surface area contributed by atoms with Crippen LogP contribution in [0.1, 0.15) is 23.6 Å². The maximum Gasteiger partial charge on any atom is 0.416 e. The van der Waals surface area contributed by atoms with Crippen molar-refractivity contribution in [3.05, 3.63) is 65.7 Å². The van der Waals surface area contributed by atoms with Crippen LogP contribution in [0.3, 0.4) is 0 Å². The second kappa shape index (κ2) is 6.19. The van der Waals surface area contributed by atoms with Crippen LogP contribution >= 0.6 is 0 Å². The van der Waals surface area contributed by atoms with Crippen molar-refractivity contribution >= 4 is 11.7 Å². The number of halogens is 3. The molecule has 1 saturated heterocycles. The Balaban J connectivity index is 1.98. The molecule has 1 aliphatic heterocycles. The minimum Gasteiger partial charge on any atom is -0.481 e. The van der Waals surface area contributed by atoms with E-state index in [1.165, 1.54) is 12.1 Å². The highest BCUT2D eigenvalue weighted by atomic mass is 19.4. The number of hydrogen-bond acceptors (Lipinski definition) is 2. The first-order chi connectivity index (χ1) is 11.4. The standard InChI is InChI=1S/C18H16F3NO2/c19-18(20,21)13-8-6-12(7-9-13)16-15(17(23)24)10-11-22(16)14-4-2-1-3-5-14/h1-9,15-16H,10-11H2,(H,23,24). The van der Waals surface area contributed by atoms with Crippen LogP contribution in [0.15, 0.2) is 54.6 Å². The van der Waals surface area contributed by atoms with Crippen molar-refractivity contribution in [2.24, 2.45) is 5.92 Å². The first kappa shape index (κ1) is 16.4. The molecule has 0 saturated carbocycles. The van der Waals surface area contributed by atoms with Crippen molar-refractivity contribution in [3.63, 3.8) is 0 Å². The third-order valence-corrected chi connectivity index (χ3v) is 4.38. The van der Waals surface area contributed by atoms with E-state index in [0.717, 1.165) is 17.8 Å². The van der Waals surface area contributed by atoms with E-state index in [1.807, 2.05) is 35.2 Å². The zero-order valence-corrected chi connectivity index (χ0v) is 12.7. The van der Waals surface area contributed by atoms with Crippen LogP contribution in [0.2, 0.25) is 0 Å². The van der Waals surface area contributed by atoms with Gasteiger partial charge in [-0.1, -0.05) is 30.3 Å². The van der Waals surface area contributed by atoms with Gasteiger partial charge in [-0.25, -0.2) is 0 Å². The molecule has 1 fully saturated rings. The van der Waals surface area contributed by atoms with Crippen LogP contribution in [0, 0.1) is 5.92 Å². The van der Waals surface area contributed by atoms with Crippen LogP contribution in [0.25, 0.3) is 0 Å². The Morgan fingerprint density at radius 2 is 1.67 bits per heavy atom. The maximum atomic E-state index is 12.7. The molecule has 2 atom stereocenters. The number of alkyl halides is 3. The molecule has 0 spiro atoms. The Labute approximate surface area is 137 Å². The number of aliphatic carboxylic acids is 1. The van der Waals surface area contributed by atoms with E-state index in [-0.39, 0.29) is 0 Å². The van der Waals surface area contributed by atoms with Crippen molar-refractivity contribution in [1.82, 2.24) is 0 Å². The van der Waals surface area contributed by atoms with Gasteiger partial charge in [-0.3, -0.25) is 4.79 Å². The Kier molecular flexibility index (Phi) is 4.22. The second-order valence-corrected chi connectivity index (χ2v) is 5.83. The summed E-state index contributed by atoms with van der Waals surface area (Å²) in [6, 6.07) is 13.6. The van der Waals surface area contributed by atoms with E-state index in [4.69, 9.17) is 0 Å². The van der Waals surface area contributed by atoms with Gasteiger partial charge in [-0.15, -0.1) is 0 Å². The predicted octanol–water partition coefficient (Wildman–Crippen LogP) is 4.36. The molecule has 2 aromatic rings. The molecular weight excluding hydrogens is 319 g/mol. The highest BCUT2D eigenvalue weighted by Gasteiger charge is 2.40. The van der Waals surface area contributed by atoms with Crippen LogP contribution in [-0.2, 0) is 11.0 Å². The van der Waals surface area contributed by atoms with Gasteiger partial charge in [0.25, 0.3) is 0 Å². The number of carboxylic acids is 1. The monoisotopic (exact) mass is 335 g/mol. The second-order valence-electron chi connectivity index (χ2n) is 5.83. The molecule has 1 heterocycles. The van der Waals surface area contributed by atoms with E-state index >= 15 is 0 Å². The summed E-state index contributed by atoms with van der Waals surface area (Å²) in [6.07, 6.45) is -3.95. The van der Waals surface area contributed by atoms with Gasteiger partial charge < -0.3 is 10.0 Å². The van der Waals surface area contributed by atoms with Gasteiger partial charge in [-0.05, 0) is 36.2 Å². The van der Waals surface area contributed by atoms with Crippen molar-refractivity contribution in [1.29, 1.82) is 0 Å². The summed E-state index contributed by atoms with van der Waals surface area (Å²) < 4.78 is 38.2. The molecule has 24 heavy (non-hydrogen) atoms. The quantitative estimate of drug-likeness (QED) is 0.906. The zero-order chi connectivity index (χ0) is 17.3. The third-order valence-electron chi connectivity index (χ3n) is 4.38. The lowest BCUT2D eigenvalue weighted by Crippen LogP contribution is -2.28. The van der Waals surface area contributed by atoms with Gasteiger partial charge in [0.05, 0.1) is 17.5 Å². The third kappa shape index (κ3) is 3.09. The summed E-state index contributed by atoms with van der Waals surface area (Å²) in [4.78, 5) is 13.5. The van der Waals surface area contributed by atoms with Crippen LogP contribution in [-0.4, -0.2) is 17.6 Å². The van der Waals surface area contributed by atoms with E-state index in [2.05, 4.69) is 0 Å². The number of nitrogens with zero attached hydrogens (tertiary/aromatic N) is 1. The van der Waals surface area contributed by atoms with Crippen LogP contribution in [0.4, 0.5) is 18.9 Å². The number of benzene rings is 2. The van der Waals surface area contributed by atoms with Gasteiger partial charge in [0.2, 0.25) is 0 Å². The van der Waals surface area contributed by atoms with Gasteiger partial charge in [0, 0.05) is 12.2 Å². The molecule has 0 radical (unpaired) electrons. The predicted molar refractivity (Wildman–Crippen MR) is 83.7 cm³/mol. The number of hydrogen-bond donors (Lipinski definition) is 1. The minimum atomic E-state index is -4.40. The summed E-state index contributed by atoms with van der Waals surface area (Å²) in [5.74, 6) is -1.58. The number of para-hydroxylation sites is 1. The average Bonchev–Trinajstić information content (AvgIpc) is 3.00. The SMILES string of the molecule is O=C(O)C1CCN(c2ccccc2)C1c1ccc(C(F)(F)F)cc1. The summed E-state index contributed by atoms with van der Waals surface area (Å²) in [5.41, 5.74) is 0.713. The molecule has 0 amide bonds. The maximum absolute atomic E-state index is 12.7. The number of anilines is 1. The lowest BCUT2D eigenvalue weighted by Gasteiger charge is -2.29. The first-order valence-electron chi connectivity index (χ1n) is 7.59. The van der Waals surface area contributed by atoms with Gasteiger partial charge in [0.1, 0.15) is 0 Å². The lowest BCUT2D eigenvalue weighted by atomic mass is 9.93. The molecule has 126 valence electrons. The molecule has 3 rings (SSSR count). The number of carbonyl (C=O) groups is 1. The fourth-order valence-electron chi connectivity index (χ4n) is 3.24. The molecule has 0 bridgehead atoms. The molecule has 0 aromatic heterocycles. The topological polar surface area (TPSA) is 40.5 Å². The van der Waals surface area contributed by atoms with E-state index < -0.39 is 29.7 Å². The fraction of sp³-hybridized carbons (Fsp3) is 0.278. The summed E-state index contributed by atoms with van der Waals surface area (Å²) >= 11 is 0. The largest absolute Gasteiger partial charge is 0.481 e. The molecule has 1 aliphatic rings. The van der Waals surface area contributed by atoms with Crippen molar-refractivity contribution < 1.29 is 23.1 Å². The van der Waals surface area contributed by atoms with Gasteiger partial charge >= 0.3 is 12.1 Å². The normalized spacial score (nSPS) is 21.0. The lowest BCUT2D eigenvalue weighted by molar-refractivity contribution is -0.142. The molecule has 2 unspecified atom stereocenters. The van der Waals surface area contributed by atoms with E-state index in [0.29, 0.717) is 18.5 Å². The fourth-order valence-corrected chi connectivity index (χ4v) is 3.24. The number of carboxylic acid groups (broad SMARTS) is 1. The van der Waals surface area contributed by atoms with Crippen LogP contribution < -0.4 is 4.90 Å². The highest BCUT2D eigenvalue weighted by Crippen LogP contribution is 2.41. The molecular formula is C18H16F3NO2. The highest BCUT2D eigenvalue weighted by molar-refractivity contribution is 5.74. The molecule has 3 nitrogen and oxygen atoms in total. The van der Waals surface area contributed by atoms with Crippen LogP contribution in [0.5, 0.6) is 0 Å². The molecule has 6 heteroatoms. The Morgan fingerprint density at radius 1 is 1.04 bits per heavy atom. The van der Waals surface area contributed by atoms with E-state index in [9.17, 15) is 23.1 Å².